The number of nitro groups is 1. The van der Waals surface area contributed by atoms with Gasteiger partial charge in [0.1, 0.15) is 22.9 Å². The molecule has 0 unspecified atom stereocenters. The van der Waals surface area contributed by atoms with Crippen LogP contribution in [0.1, 0.15) is 67.4 Å². The van der Waals surface area contributed by atoms with Gasteiger partial charge in [-0.1, -0.05) is 43.2 Å². The molecular formula is C46H49ClN6O8S. The molecule has 1 saturated carbocycles. The molecule has 324 valence electrons. The third-order valence-electron chi connectivity index (χ3n) is 12.3. The minimum Gasteiger partial charge on any atom is -0.493 e. The SMILES string of the molecule is CC1(C)CCC(CN2CCN(c3ccc(C(=O)NS(=O)(=O)c4cc5c(c([N+](=O)[O-])c4)C[C@H](COC4CC4)CO5)c(Oc4cnc5[nH]ccc5c4)c3)CC2)=C(c2ccc(Cl)cc2)C1. The van der Waals surface area contributed by atoms with Gasteiger partial charge < -0.3 is 24.1 Å². The quantitative estimate of drug-likeness (QED) is 0.0859. The number of aromatic amines is 1. The summed E-state index contributed by atoms with van der Waals surface area (Å²) in [6.45, 7) is 9.24. The summed E-state index contributed by atoms with van der Waals surface area (Å²) >= 11 is 6.24. The molecule has 3 aromatic carbocycles. The number of allylic oxidation sites excluding steroid dienone is 1. The van der Waals surface area contributed by atoms with Crippen molar-refractivity contribution < 1.29 is 32.3 Å². The first-order valence-electron chi connectivity index (χ1n) is 21.1. The van der Waals surface area contributed by atoms with Gasteiger partial charge in [-0.15, -0.1) is 0 Å². The normalized spacial score (nSPS) is 19.2. The second-order valence-electron chi connectivity index (χ2n) is 17.6. The van der Waals surface area contributed by atoms with Gasteiger partial charge >= 0.3 is 0 Å². The number of aromatic nitrogens is 2. The number of anilines is 1. The average molecular weight is 881 g/mol. The summed E-state index contributed by atoms with van der Waals surface area (Å²) in [5.74, 6) is -0.512. The molecule has 4 aliphatic rings. The highest BCUT2D eigenvalue weighted by atomic mass is 35.5. The highest BCUT2D eigenvalue weighted by molar-refractivity contribution is 7.90. The minimum absolute atomic E-state index is 0.0470. The van der Waals surface area contributed by atoms with Gasteiger partial charge in [0.2, 0.25) is 0 Å². The lowest BCUT2D eigenvalue weighted by Crippen LogP contribution is -2.47. The lowest BCUT2D eigenvalue weighted by atomic mass is 9.72. The Balaban J connectivity index is 0.942. The Morgan fingerprint density at radius 3 is 2.61 bits per heavy atom. The van der Waals surface area contributed by atoms with Crippen molar-refractivity contribution in [1.29, 1.82) is 0 Å². The Morgan fingerprint density at radius 2 is 1.85 bits per heavy atom. The van der Waals surface area contributed by atoms with E-state index in [1.807, 2.05) is 18.2 Å². The van der Waals surface area contributed by atoms with E-state index in [4.69, 9.17) is 25.8 Å². The molecule has 1 atom stereocenters. The molecule has 14 nitrogen and oxygen atoms in total. The van der Waals surface area contributed by atoms with E-state index in [0.717, 1.165) is 87.0 Å². The zero-order valence-electron chi connectivity index (χ0n) is 34.7. The first-order valence-corrected chi connectivity index (χ1v) is 22.9. The smallest absolute Gasteiger partial charge is 0.277 e. The number of rotatable bonds is 13. The number of ether oxygens (including phenoxy) is 3. The predicted octanol–water partition coefficient (Wildman–Crippen LogP) is 8.55. The topological polar surface area (TPSA) is 169 Å². The number of pyridine rings is 1. The van der Waals surface area contributed by atoms with Crippen molar-refractivity contribution in [1.82, 2.24) is 19.6 Å². The van der Waals surface area contributed by atoms with Crippen molar-refractivity contribution in [2.24, 2.45) is 11.3 Å². The highest BCUT2D eigenvalue weighted by Crippen LogP contribution is 2.44. The summed E-state index contributed by atoms with van der Waals surface area (Å²) in [7, 11) is -4.62. The molecule has 4 heterocycles. The van der Waals surface area contributed by atoms with Gasteiger partial charge in [0.15, 0.2) is 0 Å². The van der Waals surface area contributed by atoms with Gasteiger partial charge in [0.05, 0.1) is 46.5 Å². The fourth-order valence-corrected chi connectivity index (χ4v) is 9.77. The number of nitrogens with zero attached hydrogens (tertiary/aromatic N) is 4. The van der Waals surface area contributed by atoms with Crippen LogP contribution in [0.4, 0.5) is 11.4 Å². The number of hydrogen-bond acceptors (Lipinski definition) is 11. The molecule has 2 fully saturated rings. The van der Waals surface area contributed by atoms with Crippen molar-refractivity contribution in [2.45, 2.75) is 63.4 Å². The maximum atomic E-state index is 14.0. The number of benzene rings is 3. The number of nitrogens with one attached hydrogen (secondary N) is 2. The second-order valence-corrected chi connectivity index (χ2v) is 19.7. The standard InChI is InChI=1S/C46H49ClN6O8S/c1-46(2)13-11-32(40(24-46)30-3-5-33(47)6-4-30)26-51-15-17-52(18-16-51)34-7-10-38(43(21-34)61-36-20-31-12-14-48-44(31)49-25-36)45(54)50-62(57,58)37-22-41(53(55)56)39-19-29(27-59-35-8-9-35)28-60-42(39)23-37/h3-7,10,12,14,20-23,25,29,35H,8-9,11,13,15-19,24,26-28H2,1-2H3,(H,48,49)(H,50,54)/t29-/m1/s1. The van der Waals surface area contributed by atoms with Gasteiger partial charge in [-0.05, 0) is 91.5 Å². The Bertz CT molecular complexity index is 2670. The lowest BCUT2D eigenvalue weighted by molar-refractivity contribution is -0.386. The first-order chi connectivity index (χ1) is 29.8. The fraction of sp³-hybridized carbons (Fsp3) is 0.391. The maximum absolute atomic E-state index is 14.0. The van der Waals surface area contributed by atoms with Crippen LogP contribution in [0, 0.1) is 21.4 Å². The van der Waals surface area contributed by atoms with Crippen LogP contribution in [0.25, 0.3) is 16.6 Å². The summed E-state index contributed by atoms with van der Waals surface area (Å²) in [5.41, 5.74) is 5.65. The summed E-state index contributed by atoms with van der Waals surface area (Å²) in [4.78, 5) is 37.3. The van der Waals surface area contributed by atoms with E-state index < -0.39 is 31.4 Å². The van der Waals surface area contributed by atoms with E-state index in [-0.39, 0.29) is 41.1 Å². The highest BCUT2D eigenvalue weighted by Gasteiger charge is 2.34. The number of piperazine rings is 1. The molecule has 5 aromatic rings. The van der Waals surface area contributed by atoms with Gasteiger partial charge in [-0.2, -0.15) is 0 Å². The molecule has 1 saturated heterocycles. The Morgan fingerprint density at radius 1 is 1.06 bits per heavy atom. The number of fused-ring (bicyclic) bond motifs is 2. The summed E-state index contributed by atoms with van der Waals surface area (Å²) in [6.07, 6.45) is 8.99. The molecule has 2 N–H and O–H groups in total. The lowest BCUT2D eigenvalue weighted by Gasteiger charge is -2.39. The van der Waals surface area contributed by atoms with Crippen LogP contribution in [0.5, 0.6) is 17.2 Å². The van der Waals surface area contributed by atoms with Gasteiger partial charge in [-0.3, -0.25) is 19.8 Å². The van der Waals surface area contributed by atoms with Crippen molar-refractivity contribution in [3.8, 4) is 17.2 Å². The number of halogens is 1. The Labute approximate surface area is 365 Å². The van der Waals surface area contributed by atoms with Crippen molar-refractivity contribution in [3.05, 3.63) is 117 Å². The number of carbonyl (C=O) groups excluding carboxylic acids is 1. The van der Waals surface area contributed by atoms with Gasteiger partial charge in [0, 0.05) is 79.1 Å². The number of amides is 1. The van der Waals surface area contributed by atoms with Crippen LogP contribution in [0.15, 0.2) is 89.6 Å². The fourth-order valence-electron chi connectivity index (χ4n) is 8.64. The Hall–Kier alpha value is -5.48. The van der Waals surface area contributed by atoms with E-state index in [0.29, 0.717) is 30.0 Å². The monoisotopic (exact) mass is 880 g/mol. The van der Waals surface area contributed by atoms with Crippen LogP contribution < -0.4 is 19.1 Å². The number of hydrogen-bond donors (Lipinski definition) is 2. The largest absolute Gasteiger partial charge is 0.493 e. The third kappa shape index (κ3) is 9.31. The second kappa shape index (κ2) is 17.0. The zero-order chi connectivity index (χ0) is 43.2. The summed E-state index contributed by atoms with van der Waals surface area (Å²) < 4.78 is 47.8. The number of H-pyrrole nitrogens is 1. The number of carbonyl (C=O) groups is 1. The van der Waals surface area contributed by atoms with E-state index in [1.165, 1.54) is 29.0 Å². The van der Waals surface area contributed by atoms with Crippen molar-refractivity contribution >= 4 is 55.5 Å². The molecule has 2 aliphatic carbocycles. The average Bonchev–Trinajstić information content (AvgIpc) is 3.97. The molecule has 2 aromatic heterocycles. The molecular weight excluding hydrogens is 832 g/mol. The van der Waals surface area contributed by atoms with Crippen molar-refractivity contribution in [2.75, 3.05) is 50.8 Å². The molecule has 16 heteroatoms. The molecule has 0 bridgehead atoms. The molecule has 2 aliphatic heterocycles. The van der Waals surface area contributed by atoms with E-state index in [9.17, 15) is 23.3 Å². The molecule has 62 heavy (non-hydrogen) atoms. The molecule has 0 radical (unpaired) electrons. The Kier molecular flexibility index (Phi) is 11.5. The molecule has 1 amide bonds. The molecule has 0 spiro atoms. The number of sulfonamides is 1. The first kappa shape index (κ1) is 41.9. The van der Waals surface area contributed by atoms with Crippen LogP contribution in [0.3, 0.4) is 0 Å². The van der Waals surface area contributed by atoms with Crippen LogP contribution in [-0.2, 0) is 21.2 Å². The van der Waals surface area contributed by atoms with Crippen LogP contribution in [0.2, 0.25) is 5.02 Å². The molecule has 9 rings (SSSR count). The maximum Gasteiger partial charge on any atom is 0.277 e. The van der Waals surface area contributed by atoms with Crippen LogP contribution >= 0.6 is 11.6 Å². The van der Waals surface area contributed by atoms with Crippen molar-refractivity contribution in [3.63, 3.8) is 0 Å². The van der Waals surface area contributed by atoms with Gasteiger partial charge in [0.25, 0.3) is 21.6 Å². The van der Waals surface area contributed by atoms with Gasteiger partial charge in [-0.25, -0.2) is 18.1 Å². The third-order valence-corrected chi connectivity index (χ3v) is 13.9. The van der Waals surface area contributed by atoms with E-state index in [2.05, 4.69) is 50.5 Å². The summed E-state index contributed by atoms with van der Waals surface area (Å²) in [6, 6.07) is 19.1. The number of nitro benzene ring substituents is 1. The van der Waals surface area contributed by atoms with Crippen LogP contribution in [-0.4, -0.2) is 86.2 Å². The van der Waals surface area contributed by atoms with E-state index >= 15 is 0 Å². The minimum atomic E-state index is -4.62. The summed E-state index contributed by atoms with van der Waals surface area (Å²) in [5, 5.41) is 13.7. The predicted molar refractivity (Wildman–Crippen MR) is 237 cm³/mol. The zero-order valence-corrected chi connectivity index (χ0v) is 36.3. The van der Waals surface area contributed by atoms with E-state index in [1.54, 1.807) is 30.5 Å².